The van der Waals surface area contributed by atoms with Gasteiger partial charge < -0.3 is 0 Å². The highest BCUT2D eigenvalue weighted by Crippen LogP contribution is 2.20. The summed E-state index contributed by atoms with van der Waals surface area (Å²) in [4.78, 5) is 4.54. The number of fused-ring (bicyclic) bond motifs is 1. The van der Waals surface area contributed by atoms with Gasteiger partial charge in [-0.15, -0.1) is 0 Å². The van der Waals surface area contributed by atoms with Crippen molar-refractivity contribution in [2.45, 2.75) is 48.5 Å². The number of rotatable bonds is 0. The van der Waals surface area contributed by atoms with Crippen LogP contribution in [0.4, 0.5) is 0 Å². The van der Waals surface area contributed by atoms with Gasteiger partial charge in [0.15, 0.2) is 0 Å². The third kappa shape index (κ3) is 3.55. The topological polar surface area (TPSA) is 12.9 Å². The van der Waals surface area contributed by atoms with E-state index in [1.165, 1.54) is 16.5 Å². The summed E-state index contributed by atoms with van der Waals surface area (Å²) in [5, 5.41) is 1.27. The third-order valence-corrected chi connectivity index (χ3v) is 2.70. The fraction of sp³-hybridized carbons (Fsp3) is 0.438. The summed E-state index contributed by atoms with van der Waals surface area (Å²) in [5.74, 6) is 0. The van der Waals surface area contributed by atoms with Crippen molar-refractivity contribution in [2.75, 3.05) is 0 Å². The number of hydrogen-bond acceptors (Lipinski definition) is 1. The zero-order valence-corrected chi connectivity index (χ0v) is 12.3. The molecule has 0 saturated carbocycles. The van der Waals surface area contributed by atoms with E-state index in [9.17, 15) is 0 Å². The molecule has 0 atom stereocenters. The van der Waals surface area contributed by atoms with Crippen LogP contribution in [0.15, 0.2) is 24.3 Å². The Bertz CT molecular complexity index is 458. The molecule has 0 unspecified atom stereocenters. The lowest BCUT2D eigenvalue weighted by molar-refractivity contribution is 1.17. The van der Waals surface area contributed by atoms with Crippen molar-refractivity contribution < 1.29 is 0 Å². The molecular formula is C16H25N. The van der Waals surface area contributed by atoms with Crippen LogP contribution in [0.2, 0.25) is 0 Å². The van der Waals surface area contributed by atoms with E-state index in [-0.39, 0.29) is 0 Å². The van der Waals surface area contributed by atoms with Crippen molar-refractivity contribution >= 4 is 10.9 Å². The maximum Gasteiger partial charge on any atom is 0.0708 e. The molecule has 0 spiro atoms. The molecule has 0 aliphatic heterocycles. The van der Waals surface area contributed by atoms with Crippen LogP contribution >= 0.6 is 0 Å². The highest BCUT2D eigenvalue weighted by atomic mass is 14.7. The molecule has 1 heteroatoms. The molecule has 1 nitrogen and oxygen atoms in total. The predicted molar refractivity (Wildman–Crippen MR) is 78.7 cm³/mol. The summed E-state index contributed by atoms with van der Waals surface area (Å²) >= 11 is 0. The minimum absolute atomic E-state index is 1.10. The van der Waals surface area contributed by atoms with Crippen LogP contribution in [0.1, 0.15) is 44.5 Å². The second kappa shape index (κ2) is 7.83. The summed E-state index contributed by atoms with van der Waals surface area (Å²) < 4.78 is 0. The molecule has 1 aromatic carbocycles. The molecule has 0 N–H and O–H groups in total. The minimum Gasteiger partial charge on any atom is -0.253 e. The average molecular weight is 231 g/mol. The number of pyridine rings is 1. The van der Waals surface area contributed by atoms with Gasteiger partial charge in [-0.3, -0.25) is 4.98 Å². The van der Waals surface area contributed by atoms with Crippen LogP contribution < -0.4 is 0 Å². The Morgan fingerprint density at radius 2 is 1.29 bits per heavy atom. The van der Waals surface area contributed by atoms with Crippen LogP contribution in [0.25, 0.3) is 10.9 Å². The summed E-state index contributed by atoms with van der Waals surface area (Å²) in [7, 11) is 0. The third-order valence-electron chi connectivity index (χ3n) is 2.70. The zero-order chi connectivity index (χ0) is 13.4. The number of para-hydroxylation sites is 1. The number of benzene rings is 1. The van der Waals surface area contributed by atoms with E-state index >= 15 is 0 Å². The molecule has 17 heavy (non-hydrogen) atoms. The van der Waals surface area contributed by atoms with E-state index in [1.807, 2.05) is 33.8 Å². The van der Waals surface area contributed by atoms with E-state index < -0.39 is 0 Å². The molecule has 2 rings (SSSR count). The Morgan fingerprint density at radius 3 is 1.88 bits per heavy atom. The Balaban J connectivity index is 0.000000581. The van der Waals surface area contributed by atoms with Crippen LogP contribution in [-0.2, 0) is 0 Å². The van der Waals surface area contributed by atoms with Crippen molar-refractivity contribution in [2.24, 2.45) is 0 Å². The SMILES string of the molecule is CC.CC.Cc1nc2ccccc2c(C)c1C. The number of hydrogen-bond donors (Lipinski definition) is 0. The maximum atomic E-state index is 4.54. The maximum absolute atomic E-state index is 4.54. The van der Waals surface area contributed by atoms with E-state index in [2.05, 4.69) is 44.0 Å². The Hall–Kier alpha value is -1.37. The molecule has 0 aliphatic carbocycles. The normalized spacial score (nSPS) is 8.88. The van der Waals surface area contributed by atoms with Gasteiger partial charge in [0.05, 0.1) is 5.52 Å². The van der Waals surface area contributed by atoms with Gasteiger partial charge in [-0.25, -0.2) is 0 Å². The molecule has 0 bridgehead atoms. The molecule has 94 valence electrons. The number of aromatic nitrogens is 1. The number of aryl methyl sites for hydroxylation is 2. The van der Waals surface area contributed by atoms with Crippen LogP contribution in [-0.4, -0.2) is 4.98 Å². The van der Waals surface area contributed by atoms with Crippen LogP contribution in [0.5, 0.6) is 0 Å². The Kier molecular flexibility index (Phi) is 7.20. The molecule has 0 amide bonds. The average Bonchev–Trinajstić information content (AvgIpc) is 2.41. The Labute approximate surface area is 106 Å². The lowest BCUT2D eigenvalue weighted by atomic mass is 10.0. The second-order valence-electron chi connectivity index (χ2n) is 3.46. The minimum atomic E-state index is 1.10. The Morgan fingerprint density at radius 1 is 0.765 bits per heavy atom. The largest absolute Gasteiger partial charge is 0.253 e. The predicted octanol–water partition coefficient (Wildman–Crippen LogP) is 5.21. The van der Waals surface area contributed by atoms with E-state index in [0.29, 0.717) is 0 Å². The van der Waals surface area contributed by atoms with Crippen molar-refractivity contribution in [3.8, 4) is 0 Å². The molecule has 0 fully saturated rings. The fourth-order valence-electron chi connectivity index (χ4n) is 1.63. The second-order valence-corrected chi connectivity index (χ2v) is 3.46. The molecule has 0 radical (unpaired) electrons. The molecule has 0 aliphatic rings. The van der Waals surface area contributed by atoms with Crippen LogP contribution in [0, 0.1) is 20.8 Å². The van der Waals surface area contributed by atoms with E-state index in [4.69, 9.17) is 0 Å². The molecule has 0 saturated heterocycles. The van der Waals surface area contributed by atoms with E-state index in [1.54, 1.807) is 0 Å². The molecule has 1 aromatic heterocycles. The lowest BCUT2D eigenvalue weighted by Gasteiger charge is -2.07. The first-order valence-electron chi connectivity index (χ1n) is 6.52. The monoisotopic (exact) mass is 231 g/mol. The highest BCUT2D eigenvalue weighted by molar-refractivity contribution is 5.83. The van der Waals surface area contributed by atoms with Crippen molar-refractivity contribution in [1.29, 1.82) is 0 Å². The fourth-order valence-corrected chi connectivity index (χ4v) is 1.63. The summed E-state index contributed by atoms with van der Waals surface area (Å²) in [5.41, 5.74) is 4.89. The zero-order valence-electron chi connectivity index (χ0n) is 12.3. The standard InChI is InChI=1S/C12H13N.2C2H6/c1-8-9(2)11-6-4-5-7-12(11)13-10(8)3;2*1-2/h4-7H,1-3H3;2*1-2H3. The van der Waals surface area contributed by atoms with Crippen molar-refractivity contribution in [1.82, 2.24) is 4.98 Å². The van der Waals surface area contributed by atoms with Gasteiger partial charge in [0.2, 0.25) is 0 Å². The molecule has 1 heterocycles. The van der Waals surface area contributed by atoms with Gasteiger partial charge in [-0.2, -0.15) is 0 Å². The van der Waals surface area contributed by atoms with Gasteiger partial charge in [-0.1, -0.05) is 45.9 Å². The van der Waals surface area contributed by atoms with Gasteiger partial charge in [0, 0.05) is 11.1 Å². The molecular weight excluding hydrogens is 206 g/mol. The first-order chi connectivity index (χ1) is 8.20. The van der Waals surface area contributed by atoms with Gasteiger partial charge in [0.25, 0.3) is 0 Å². The summed E-state index contributed by atoms with van der Waals surface area (Å²) in [6.45, 7) is 14.4. The van der Waals surface area contributed by atoms with E-state index in [0.717, 1.165) is 11.2 Å². The quantitative estimate of drug-likeness (QED) is 0.606. The smallest absolute Gasteiger partial charge is 0.0708 e. The van der Waals surface area contributed by atoms with Crippen molar-refractivity contribution in [3.05, 3.63) is 41.1 Å². The first kappa shape index (κ1) is 15.6. The van der Waals surface area contributed by atoms with Gasteiger partial charge >= 0.3 is 0 Å². The lowest BCUT2D eigenvalue weighted by Crippen LogP contribution is -1.92. The highest BCUT2D eigenvalue weighted by Gasteiger charge is 2.03. The van der Waals surface area contributed by atoms with Crippen molar-refractivity contribution in [3.63, 3.8) is 0 Å². The summed E-state index contributed by atoms with van der Waals surface area (Å²) in [6, 6.07) is 8.29. The molecule has 2 aromatic rings. The summed E-state index contributed by atoms with van der Waals surface area (Å²) in [6.07, 6.45) is 0. The van der Waals surface area contributed by atoms with Gasteiger partial charge in [0.1, 0.15) is 0 Å². The van der Waals surface area contributed by atoms with Gasteiger partial charge in [-0.05, 0) is 38.0 Å². The van der Waals surface area contributed by atoms with Crippen LogP contribution in [0.3, 0.4) is 0 Å². The first-order valence-corrected chi connectivity index (χ1v) is 6.52. The number of nitrogens with zero attached hydrogens (tertiary/aromatic N) is 1.